The van der Waals surface area contributed by atoms with E-state index in [9.17, 15) is 18.0 Å². The Labute approximate surface area is 204 Å². The zero-order valence-corrected chi connectivity index (χ0v) is 20.0. The fourth-order valence-corrected chi connectivity index (χ4v) is 4.62. The number of benzene rings is 3. The number of amides is 1. The molecule has 0 spiro atoms. The highest BCUT2D eigenvalue weighted by molar-refractivity contribution is 8.00. The molecule has 0 bridgehead atoms. The minimum Gasteiger partial charge on any atom is -0.457 e. The summed E-state index contributed by atoms with van der Waals surface area (Å²) in [5.41, 5.74) is 0.246. The molecule has 1 amide bonds. The van der Waals surface area contributed by atoms with Gasteiger partial charge in [0.1, 0.15) is 16.9 Å². The molecule has 1 aliphatic heterocycles. The summed E-state index contributed by atoms with van der Waals surface area (Å²) in [5, 5.41) is 0.228. The summed E-state index contributed by atoms with van der Waals surface area (Å²) in [5.74, 6) is 1.02. The Morgan fingerprint density at radius 3 is 2.24 bits per heavy atom. The van der Waals surface area contributed by atoms with Crippen LogP contribution in [0.5, 0.6) is 11.5 Å². The second-order valence-corrected chi connectivity index (χ2v) is 8.61. The number of carbonyl (C=O) groups excluding carboxylic acids is 1. The number of thioether (sulfide) groups is 1. The molecular weight excluding hydrogens is 494 g/mol. The average Bonchev–Trinajstić information content (AvgIpc) is 3.19. The number of anilines is 1. The average molecular weight is 514 g/mol. The molecule has 0 aliphatic carbocycles. The molecule has 1 fully saturated rings. The fourth-order valence-electron chi connectivity index (χ4n) is 3.17. The summed E-state index contributed by atoms with van der Waals surface area (Å²) in [6.07, 6.45) is -4.45. The molecule has 0 saturated carbocycles. The first-order valence-corrected chi connectivity index (χ1v) is 11.9. The summed E-state index contributed by atoms with van der Waals surface area (Å²) < 4.78 is 45.1. The van der Waals surface area contributed by atoms with Crippen molar-refractivity contribution >= 4 is 46.6 Å². The van der Waals surface area contributed by atoms with Gasteiger partial charge in [-0.05, 0) is 54.1 Å². The van der Waals surface area contributed by atoms with Gasteiger partial charge in [0.25, 0.3) is 0 Å². The van der Waals surface area contributed by atoms with E-state index in [0.29, 0.717) is 32.8 Å². The van der Waals surface area contributed by atoms with Crippen molar-refractivity contribution in [3.63, 3.8) is 0 Å². The first-order valence-electron chi connectivity index (χ1n) is 10.1. The zero-order chi connectivity index (χ0) is 24.2. The first-order chi connectivity index (χ1) is 15.7. The third kappa shape index (κ3) is 5.96. The number of alkyl halides is 3. The summed E-state index contributed by atoms with van der Waals surface area (Å²) in [6, 6.07) is 16.7. The largest absolute Gasteiger partial charge is 0.457 e. The number of ether oxygens (including phenoxy) is 1. The molecule has 3 nitrogen and oxygen atoms in total. The molecule has 0 aromatic heterocycles. The maximum Gasteiger partial charge on any atom is 0.416 e. The van der Waals surface area contributed by atoms with Gasteiger partial charge in [0, 0.05) is 11.8 Å². The van der Waals surface area contributed by atoms with E-state index < -0.39 is 17.1 Å². The summed E-state index contributed by atoms with van der Waals surface area (Å²) in [4.78, 5) is 14.0. The van der Waals surface area contributed by atoms with Crippen LogP contribution >= 0.6 is 35.0 Å². The Bertz CT molecular complexity index is 1120. The van der Waals surface area contributed by atoms with Gasteiger partial charge in [-0.25, -0.2) is 0 Å². The van der Waals surface area contributed by atoms with Gasteiger partial charge >= 0.3 is 6.18 Å². The lowest BCUT2D eigenvalue weighted by Gasteiger charge is -2.25. The van der Waals surface area contributed by atoms with E-state index in [-0.39, 0.29) is 11.7 Å². The van der Waals surface area contributed by atoms with E-state index in [2.05, 4.69) is 0 Å². The quantitative estimate of drug-likeness (QED) is 0.349. The van der Waals surface area contributed by atoms with Crippen molar-refractivity contribution in [3.05, 3.63) is 87.9 Å². The zero-order valence-electron chi connectivity index (χ0n) is 17.7. The van der Waals surface area contributed by atoms with Gasteiger partial charge in [-0.2, -0.15) is 13.2 Å². The van der Waals surface area contributed by atoms with Crippen molar-refractivity contribution < 1.29 is 22.7 Å². The minimum absolute atomic E-state index is 0.175. The van der Waals surface area contributed by atoms with Crippen LogP contribution < -0.4 is 9.64 Å². The topological polar surface area (TPSA) is 29.5 Å². The normalized spacial score (nSPS) is 15.8. The van der Waals surface area contributed by atoms with E-state index in [4.69, 9.17) is 27.9 Å². The molecule has 33 heavy (non-hydrogen) atoms. The van der Waals surface area contributed by atoms with Crippen LogP contribution in [0.25, 0.3) is 0 Å². The van der Waals surface area contributed by atoms with Crippen LogP contribution in [0.15, 0.2) is 66.7 Å². The maximum absolute atomic E-state index is 13.1. The molecule has 3 aromatic rings. The smallest absolute Gasteiger partial charge is 0.416 e. The molecule has 4 rings (SSSR count). The van der Waals surface area contributed by atoms with Crippen molar-refractivity contribution in [2.24, 2.45) is 0 Å². The van der Waals surface area contributed by atoms with Gasteiger partial charge in [0.2, 0.25) is 5.91 Å². The molecule has 1 unspecified atom stereocenters. The van der Waals surface area contributed by atoms with Gasteiger partial charge in [-0.3, -0.25) is 9.69 Å². The molecule has 1 heterocycles. The van der Waals surface area contributed by atoms with E-state index in [1.54, 1.807) is 48.5 Å². The molecule has 0 N–H and O–H groups in total. The molecule has 174 valence electrons. The molecule has 1 aliphatic rings. The highest BCUT2D eigenvalue weighted by atomic mass is 35.5. The maximum atomic E-state index is 13.1. The lowest BCUT2D eigenvalue weighted by Crippen LogP contribution is -2.27. The van der Waals surface area contributed by atoms with Gasteiger partial charge in [-0.15, -0.1) is 11.8 Å². The third-order valence-electron chi connectivity index (χ3n) is 4.61. The van der Waals surface area contributed by atoms with Crippen molar-refractivity contribution in [1.82, 2.24) is 0 Å². The van der Waals surface area contributed by atoms with Crippen LogP contribution in [0.2, 0.25) is 10.0 Å². The van der Waals surface area contributed by atoms with Crippen molar-refractivity contribution in [2.75, 3.05) is 10.7 Å². The summed E-state index contributed by atoms with van der Waals surface area (Å²) in [6.45, 7) is 4.00. The Hall–Kier alpha value is -2.35. The lowest BCUT2D eigenvalue weighted by molar-refractivity contribution is -0.137. The number of hydrogen-bond donors (Lipinski definition) is 0. The van der Waals surface area contributed by atoms with Crippen molar-refractivity contribution in [1.29, 1.82) is 0 Å². The molecule has 1 saturated heterocycles. The molecule has 0 radical (unpaired) electrons. The number of carbonyl (C=O) groups is 1. The molecule has 1 atom stereocenters. The van der Waals surface area contributed by atoms with Gasteiger partial charge in [-0.1, -0.05) is 49.2 Å². The monoisotopic (exact) mass is 513 g/mol. The highest BCUT2D eigenvalue weighted by Gasteiger charge is 2.36. The van der Waals surface area contributed by atoms with E-state index in [1.165, 1.54) is 22.7 Å². The second-order valence-electron chi connectivity index (χ2n) is 6.72. The number of hydrogen-bond acceptors (Lipinski definition) is 3. The van der Waals surface area contributed by atoms with Crippen LogP contribution in [0.1, 0.15) is 30.3 Å². The molecular formula is C24H20Cl2F3NO2S. The van der Waals surface area contributed by atoms with Crippen LogP contribution in [0, 0.1) is 0 Å². The van der Waals surface area contributed by atoms with Crippen LogP contribution in [-0.4, -0.2) is 11.7 Å². The molecule has 3 aromatic carbocycles. The van der Waals surface area contributed by atoms with Gasteiger partial charge < -0.3 is 4.74 Å². The van der Waals surface area contributed by atoms with Gasteiger partial charge in [0.15, 0.2) is 0 Å². The Morgan fingerprint density at radius 1 is 0.939 bits per heavy atom. The predicted molar refractivity (Wildman–Crippen MR) is 128 cm³/mol. The SMILES string of the molecule is CC.O=C1CSC(c2cccc(C(F)(F)F)c2)N1c1ccc(Oc2ccc(Cl)c(Cl)c2)cc1. The van der Waals surface area contributed by atoms with E-state index >= 15 is 0 Å². The summed E-state index contributed by atoms with van der Waals surface area (Å²) in [7, 11) is 0. The summed E-state index contributed by atoms with van der Waals surface area (Å²) >= 11 is 13.2. The van der Waals surface area contributed by atoms with Crippen molar-refractivity contribution in [3.8, 4) is 11.5 Å². The Kier molecular flexibility index (Phi) is 8.21. The fraction of sp³-hybridized carbons (Fsp3) is 0.208. The van der Waals surface area contributed by atoms with Crippen molar-refractivity contribution in [2.45, 2.75) is 25.4 Å². The van der Waals surface area contributed by atoms with E-state index in [0.717, 1.165) is 12.1 Å². The van der Waals surface area contributed by atoms with Gasteiger partial charge in [0.05, 0.1) is 21.4 Å². The lowest BCUT2D eigenvalue weighted by atomic mass is 10.1. The number of nitrogens with zero attached hydrogens (tertiary/aromatic N) is 1. The standard InChI is InChI=1S/C22H14Cl2F3NO2S.C2H6/c23-18-9-8-17(11-19(18)24)30-16-6-4-15(5-7-16)28-20(29)12-31-21(28)13-2-1-3-14(10-13)22(25,26)27;1-2/h1-11,21H,12H2;1-2H3. The van der Waals surface area contributed by atoms with Crippen LogP contribution in [-0.2, 0) is 11.0 Å². The molecule has 9 heteroatoms. The Balaban J connectivity index is 0.00000149. The Morgan fingerprint density at radius 2 is 1.61 bits per heavy atom. The van der Waals surface area contributed by atoms with Crippen LogP contribution in [0.3, 0.4) is 0 Å². The third-order valence-corrected chi connectivity index (χ3v) is 6.56. The second kappa shape index (κ2) is 10.7. The number of rotatable bonds is 4. The number of halogens is 5. The predicted octanol–water partition coefficient (Wildman–Crippen LogP) is 8.61. The van der Waals surface area contributed by atoms with Crippen LogP contribution in [0.4, 0.5) is 18.9 Å². The first kappa shape index (κ1) is 25.3. The van der Waals surface area contributed by atoms with E-state index in [1.807, 2.05) is 13.8 Å². The highest BCUT2D eigenvalue weighted by Crippen LogP contribution is 2.43. The minimum atomic E-state index is -4.45.